The fourth-order valence-electron chi connectivity index (χ4n) is 3.66. The quantitative estimate of drug-likeness (QED) is 0.901. The molecule has 2 aromatic rings. The number of phenolic OH excluding ortho intramolecular Hbond substituents is 1. The molecule has 2 fully saturated rings. The fraction of sp³-hybridized carbons (Fsp3) is 0.429. The van der Waals surface area contributed by atoms with Crippen molar-refractivity contribution in [3.05, 3.63) is 59.7 Å². The first-order valence-corrected chi connectivity index (χ1v) is 9.01. The monoisotopic (exact) mass is 339 g/mol. The Morgan fingerprint density at radius 1 is 1.12 bits per heavy atom. The second-order valence-corrected chi connectivity index (χ2v) is 7.11. The molecular formula is C21H25NO3. The van der Waals surface area contributed by atoms with E-state index in [2.05, 4.69) is 29.2 Å². The van der Waals surface area contributed by atoms with Crippen molar-refractivity contribution in [2.24, 2.45) is 5.92 Å². The van der Waals surface area contributed by atoms with E-state index in [1.165, 1.54) is 18.4 Å². The van der Waals surface area contributed by atoms with Gasteiger partial charge in [-0.2, -0.15) is 0 Å². The van der Waals surface area contributed by atoms with E-state index in [4.69, 9.17) is 9.47 Å². The van der Waals surface area contributed by atoms with Gasteiger partial charge < -0.3 is 14.6 Å². The number of benzene rings is 2. The minimum Gasteiger partial charge on any atom is -0.504 e. The fourth-order valence-corrected chi connectivity index (χ4v) is 3.66. The Bertz CT molecular complexity index is 714. The summed E-state index contributed by atoms with van der Waals surface area (Å²) < 4.78 is 11.6. The first-order chi connectivity index (χ1) is 12.2. The van der Waals surface area contributed by atoms with Crippen molar-refractivity contribution < 1.29 is 14.6 Å². The van der Waals surface area contributed by atoms with Crippen LogP contribution in [0.1, 0.15) is 30.1 Å². The highest BCUT2D eigenvalue weighted by molar-refractivity contribution is 5.41. The molecule has 2 aromatic carbocycles. The topological polar surface area (TPSA) is 41.9 Å². The van der Waals surface area contributed by atoms with Gasteiger partial charge in [0.05, 0.1) is 19.3 Å². The molecule has 132 valence electrons. The molecule has 0 bridgehead atoms. The van der Waals surface area contributed by atoms with Crippen molar-refractivity contribution >= 4 is 0 Å². The summed E-state index contributed by atoms with van der Waals surface area (Å²) in [6, 6.07) is 16.2. The average Bonchev–Trinajstić information content (AvgIpc) is 3.48. The summed E-state index contributed by atoms with van der Waals surface area (Å²) in [6.45, 7) is 2.65. The maximum absolute atomic E-state index is 10.0. The summed E-state index contributed by atoms with van der Waals surface area (Å²) >= 11 is 0. The normalized spacial score (nSPS) is 24.2. The lowest BCUT2D eigenvalue weighted by atomic mass is 10.0. The number of aromatic hydroxyl groups is 1. The van der Waals surface area contributed by atoms with E-state index < -0.39 is 0 Å². The number of hydrogen-bond acceptors (Lipinski definition) is 4. The van der Waals surface area contributed by atoms with Gasteiger partial charge in [0.25, 0.3) is 0 Å². The van der Waals surface area contributed by atoms with E-state index in [9.17, 15) is 5.11 Å². The lowest BCUT2D eigenvalue weighted by Crippen LogP contribution is -2.44. The summed E-state index contributed by atoms with van der Waals surface area (Å²) in [7, 11) is 1.57. The maximum atomic E-state index is 10.0. The third-order valence-corrected chi connectivity index (χ3v) is 5.17. The van der Waals surface area contributed by atoms with Gasteiger partial charge in [0.15, 0.2) is 11.5 Å². The van der Waals surface area contributed by atoms with Crippen LogP contribution in [0.5, 0.6) is 11.5 Å². The van der Waals surface area contributed by atoms with Crippen LogP contribution in [-0.4, -0.2) is 36.3 Å². The summed E-state index contributed by atoms with van der Waals surface area (Å²) in [5.74, 6) is 1.42. The number of rotatable bonds is 5. The predicted molar refractivity (Wildman–Crippen MR) is 96.7 cm³/mol. The maximum Gasteiger partial charge on any atom is 0.160 e. The van der Waals surface area contributed by atoms with Crippen molar-refractivity contribution in [3.63, 3.8) is 0 Å². The van der Waals surface area contributed by atoms with Gasteiger partial charge in [-0.25, -0.2) is 0 Å². The molecular weight excluding hydrogens is 314 g/mol. The highest BCUT2D eigenvalue weighted by atomic mass is 16.5. The van der Waals surface area contributed by atoms with E-state index >= 15 is 0 Å². The van der Waals surface area contributed by atoms with Crippen molar-refractivity contribution in [1.29, 1.82) is 0 Å². The van der Waals surface area contributed by atoms with Crippen LogP contribution in [0.3, 0.4) is 0 Å². The molecule has 1 aliphatic carbocycles. The molecule has 0 radical (unpaired) electrons. The van der Waals surface area contributed by atoms with Crippen LogP contribution in [-0.2, 0) is 11.3 Å². The number of morpholine rings is 1. The number of ether oxygens (including phenoxy) is 2. The molecule has 4 nitrogen and oxygen atoms in total. The van der Waals surface area contributed by atoms with Crippen LogP contribution >= 0.6 is 0 Å². The second-order valence-electron chi connectivity index (χ2n) is 7.11. The number of hydrogen-bond donors (Lipinski definition) is 1. The Hall–Kier alpha value is -2.04. The summed E-state index contributed by atoms with van der Waals surface area (Å²) in [5.41, 5.74) is 2.34. The van der Waals surface area contributed by atoms with Crippen molar-refractivity contribution in [2.75, 3.05) is 20.2 Å². The van der Waals surface area contributed by atoms with Crippen LogP contribution < -0.4 is 4.74 Å². The smallest absolute Gasteiger partial charge is 0.160 e. The lowest BCUT2D eigenvalue weighted by Gasteiger charge is -2.38. The van der Waals surface area contributed by atoms with Gasteiger partial charge in [0.1, 0.15) is 0 Å². The first kappa shape index (κ1) is 16.4. The van der Waals surface area contributed by atoms with Gasteiger partial charge in [-0.15, -0.1) is 0 Å². The average molecular weight is 339 g/mol. The predicted octanol–water partition coefficient (Wildman–Crippen LogP) is 3.75. The van der Waals surface area contributed by atoms with Gasteiger partial charge in [0.2, 0.25) is 0 Å². The van der Waals surface area contributed by atoms with Crippen molar-refractivity contribution in [1.82, 2.24) is 4.90 Å². The first-order valence-electron chi connectivity index (χ1n) is 9.01. The molecule has 0 spiro atoms. The van der Waals surface area contributed by atoms with E-state index in [1.807, 2.05) is 18.2 Å². The molecule has 1 heterocycles. The van der Waals surface area contributed by atoms with Gasteiger partial charge in [-0.05, 0) is 42.0 Å². The number of nitrogens with zero attached hydrogens (tertiary/aromatic N) is 1. The van der Waals surface area contributed by atoms with Gasteiger partial charge >= 0.3 is 0 Å². The molecule has 2 atom stereocenters. The largest absolute Gasteiger partial charge is 0.504 e. The molecule has 0 aromatic heterocycles. The third-order valence-electron chi connectivity index (χ3n) is 5.17. The van der Waals surface area contributed by atoms with E-state index in [1.54, 1.807) is 13.2 Å². The Kier molecular flexibility index (Phi) is 4.64. The Balaban J connectivity index is 1.50. The molecule has 1 aliphatic heterocycles. The minimum atomic E-state index is 0.118. The Labute approximate surface area is 149 Å². The molecule has 2 aliphatic rings. The van der Waals surface area contributed by atoms with Crippen molar-refractivity contribution in [3.8, 4) is 11.5 Å². The Morgan fingerprint density at radius 3 is 2.60 bits per heavy atom. The summed E-state index contributed by atoms with van der Waals surface area (Å²) in [6.07, 6.45) is 2.99. The summed E-state index contributed by atoms with van der Waals surface area (Å²) in [5, 5.41) is 10.0. The molecule has 25 heavy (non-hydrogen) atoms. The molecule has 4 heteroatoms. The molecule has 1 N–H and O–H groups in total. The van der Waals surface area contributed by atoms with E-state index in [0.29, 0.717) is 17.8 Å². The van der Waals surface area contributed by atoms with Crippen LogP contribution in [0, 0.1) is 5.92 Å². The molecule has 0 unspecified atom stereocenters. The highest BCUT2D eigenvalue weighted by Gasteiger charge is 2.38. The summed E-state index contributed by atoms with van der Waals surface area (Å²) in [4.78, 5) is 2.45. The van der Waals surface area contributed by atoms with Gasteiger partial charge in [-0.3, -0.25) is 4.90 Å². The zero-order chi connectivity index (χ0) is 17.2. The molecule has 1 saturated heterocycles. The molecule has 1 saturated carbocycles. The Morgan fingerprint density at radius 2 is 1.92 bits per heavy atom. The molecule has 0 amide bonds. The SMILES string of the molecule is COc1ccc(CN2C[C@@H](c3ccccc3)O[C@@H](C3CC3)C2)cc1O. The van der Waals surface area contributed by atoms with Gasteiger partial charge in [-0.1, -0.05) is 36.4 Å². The van der Waals surface area contributed by atoms with Crippen LogP contribution in [0.2, 0.25) is 0 Å². The zero-order valence-electron chi connectivity index (χ0n) is 14.6. The molecule has 4 rings (SSSR count). The van der Waals surface area contributed by atoms with E-state index in [-0.39, 0.29) is 11.9 Å². The lowest BCUT2D eigenvalue weighted by molar-refractivity contribution is -0.0986. The third kappa shape index (κ3) is 3.80. The van der Waals surface area contributed by atoms with Crippen molar-refractivity contribution in [2.45, 2.75) is 31.6 Å². The van der Waals surface area contributed by atoms with Crippen LogP contribution in [0.15, 0.2) is 48.5 Å². The zero-order valence-corrected chi connectivity index (χ0v) is 14.6. The second kappa shape index (κ2) is 7.06. The standard InChI is InChI=1S/C21H25NO3/c1-24-19-10-7-15(11-18(19)23)12-22-13-20(16-5-3-2-4-6-16)25-21(14-22)17-8-9-17/h2-7,10-11,17,20-21,23H,8-9,12-14H2,1H3/t20-,21+/m0/s1. The van der Waals surface area contributed by atoms with Crippen LogP contribution in [0.4, 0.5) is 0 Å². The number of phenols is 1. The van der Waals surface area contributed by atoms with Gasteiger partial charge in [0, 0.05) is 19.6 Å². The van der Waals surface area contributed by atoms with E-state index in [0.717, 1.165) is 25.2 Å². The van der Waals surface area contributed by atoms with Crippen LogP contribution in [0.25, 0.3) is 0 Å². The number of methoxy groups -OCH3 is 1. The minimum absolute atomic E-state index is 0.118. The highest BCUT2D eigenvalue weighted by Crippen LogP contribution is 2.40.